The molecule has 0 saturated carbocycles. The third-order valence-electron chi connectivity index (χ3n) is 5.60. The molecule has 1 saturated heterocycles. The zero-order valence-electron chi connectivity index (χ0n) is 17.4. The van der Waals surface area contributed by atoms with E-state index in [-0.39, 0.29) is 23.7 Å². The van der Waals surface area contributed by atoms with Crippen molar-refractivity contribution in [2.45, 2.75) is 39.8 Å². The van der Waals surface area contributed by atoms with Crippen molar-refractivity contribution < 1.29 is 9.72 Å². The number of anilines is 1. The quantitative estimate of drug-likeness (QED) is 0.465. The molecule has 31 heavy (non-hydrogen) atoms. The number of aryl methyl sites for hydroxylation is 2. The molecule has 10 heteroatoms. The fraction of sp³-hybridized carbons (Fsp3) is 0.381. The van der Waals surface area contributed by atoms with Crippen LogP contribution in [-0.4, -0.2) is 38.4 Å². The molecule has 1 N–H and O–H groups in total. The molecule has 3 aromatic rings. The number of thiophene rings is 1. The molecule has 1 amide bonds. The summed E-state index contributed by atoms with van der Waals surface area (Å²) in [6, 6.07) is 5.59. The van der Waals surface area contributed by atoms with E-state index in [0.29, 0.717) is 28.3 Å². The highest BCUT2D eigenvalue weighted by atomic mass is 32.1. The molecule has 1 aliphatic rings. The van der Waals surface area contributed by atoms with E-state index in [9.17, 15) is 19.7 Å². The Morgan fingerprint density at radius 1 is 1.23 bits per heavy atom. The van der Waals surface area contributed by atoms with Crippen molar-refractivity contribution in [3.63, 3.8) is 0 Å². The molecule has 0 spiro atoms. The molecule has 1 fully saturated rings. The van der Waals surface area contributed by atoms with E-state index < -0.39 is 4.92 Å². The number of nitro benzene ring substituents is 1. The van der Waals surface area contributed by atoms with E-state index >= 15 is 0 Å². The Bertz CT molecular complexity index is 1210. The third-order valence-corrected chi connectivity index (χ3v) is 6.70. The lowest BCUT2D eigenvalue weighted by Gasteiger charge is -2.18. The van der Waals surface area contributed by atoms with Crippen molar-refractivity contribution >= 4 is 38.8 Å². The summed E-state index contributed by atoms with van der Waals surface area (Å²) >= 11 is 1.50. The number of nitro groups is 1. The summed E-state index contributed by atoms with van der Waals surface area (Å²) in [5.74, 6) is 0.198. The molecule has 0 unspecified atom stereocenters. The van der Waals surface area contributed by atoms with Gasteiger partial charge in [-0.05, 0) is 57.5 Å². The summed E-state index contributed by atoms with van der Waals surface area (Å²) < 4.78 is 1.46. The number of nitrogens with one attached hydrogen (secondary N) is 1. The van der Waals surface area contributed by atoms with Gasteiger partial charge in [0.2, 0.25) is 5.91 Å². The number of aromatic nitrogens is 2. The molecule has 0 aliphatic carbocycles. The normalized spacial score (nSPS) is 14.3. The summed E-state index contributed by atoms with van der Waals surface area (Å²) in [6.45, 7) is 6.12. The van der Waals surface area contributed by atoms with Gasteiger partial charge in [-0.25, -0.2) is 4.98 Å². The Hall–Kier alpha value is -3.11. The van der Waals surface area contributed by atoms with E-state index in [1.54, 1.807) is 0 Å². The largest absolute Gasteiger partial charge is 0.325 e. The van der Waals surface area contributed by atoms with Crippen LogP contribution in [0.4, 0.5) is 11.4 Å². The molecule has 1 aromatic carbocycles. The first-order chi connectivity index (χ1) is 14.8. The summed E-state index contributed by atoms with van der Waals surface area (Å²) in [4.78, 5) is 45.1. The van der Waals surface area contributed by atoms with E-state index in [2.05, 4.69) is 10.2 Å². The smallest absolute Gasteiger partial charge is 0.269 e. The van der Waals surface area contributed by atoms with Crippen LogP contribution in [0.1, 0.15) is 29.1 Å². The second-order valence-electron chi connectivity index (χ2n) is 7.72. The summed E-state index contributed by atoms with van der Waals surface area (Å²) in [5, 5.41) is 14.1. The Morgan fingerprint density at radius 2 is 1.90 bits per heavy atom. The van der Waals surface area contributed by atoms with Crippen molar-refractivity contribution in [2.24, 2.45) is 0 Å². The minimum Gasteiger partial charge on any atom is -0.325 e. The van der Waals surface area contributed by atoms with Crippen molar-refractivity contribution in [1.29, 1.82) is 0 Å². The van der Waals surface area contributed by atoms with Crippen LogP contribution in [0, 0.1) is 24.0 Å². The van der Waals surface area contributed by atoms with Gasteiger partial charge in [0.05, 0.1) is 16.9 Å². The topological polar surface area (TPSA) is 110 Å². The molecular weight excluding hydrogens is 418 g/mol. The number of non-ortho nitro benzene ring substituents is 1. The van der Waals surface area contributed by atoms with Crippen LogP contribution < -0.4 is 10.9 Å². The van der Waals surface area contributed by atoms with Gasteiger partial charge in [-0.15, -0.1) is 11.3 Å². The third kappa shape index (κ3) is 4.35. The fourth-order valence-corrected chi connectivity index (χ4v) is 4.84. The molecular formula is C21H23N5O4S. The van der Waals surface area contributed by atoms with Crippen LogP contribution in [0.25, 0.3) is 10.2 Å². The lowest BCUT2D eigenvalue weighted by molar-refractivity contribution is -0.384. The van der Waals surface area contributed by atoms with Gasteiger partial charge in [0.25, 0.3) is 11.2 Å². The fourth-order valence-electron chi connectivity index (χ4n) is 3.80. The second-order valence-corrected chi connectivity index (χ2v) is 8.92. The highest BCUT2D eigenvalue weighted by molar-refractivity contribution is 7.18. The number of carbonyl (C=O) groups is 1. The maximum Gasteiger partial charge on any atom is 0.269 e. The maximum absolute atomic E-state index is 13.3. The number of amides is 1. The molecule has 3 heterocycles. The SMILES string of the molecule is Cc1sc2nc(CN3CCCC3)n(CC(=O)Nc3ccc([N+](=O)[O-])cc3)c(=O)c2c1C. The number of rotatable bonds is 6. The van der Waals surface area contributed by atoms with Crippen molar-refractivity contribution in [2.75, 3.05) is 18.4 Å². The molecule has 162 valence electrons. The van der Waals surface area contributed by atoms with Gasteiger partial charge >= 0.3 is 0 Å². The van der Waals surface area contributed by atoms with E-state index in [1.165, 1.54) is 40.2 Å². The first kappa shape index (κ1) is 21.1. The minimum atomic E-state index is -0.498. The van der Waals surface area contributed by atoms with Gasteiger partial charge in [0.1, 0.15) is 17.2 Å². The molecule has 2 aromatic heterocycles. The summed E-state index contributed by atoms with van der Waals surface area (Å²) in [5.41, 5.74) is 1.07. The van der Waals surface area contributed by atoms with Gasteiger partial charge in [-0.2, -0.15) is 0 Å². The first-order valence-corrected chi connectivity index (χ1v) is 10.9. The molecule has 1 aliphatic heterocycles. The lowest BCUT2D eigenvalue weighted by Crippen LogP contribution is -2.33. The number of nitrogens with zero attached hydrogens (tertiary/aromatic N) is 4. The van der Waals surface area contributed by atoms with E-state index in [0.717, 1.165) is 36.4 Å². The van der Waals surface area contributed by atoms with E-state index in [4.69, 9.17) is 4.98 Å². The van der Waals surface area contributed by atoms with Crippen LogP contribution in [0.5, 0.6) is 0 Å². The monoisotopic (exact) mass is 441 g/mol. The number of likely N-dealkylation sites (tertiary alicyclic amines) is 1. The number of benzene rings is 1. The van der Waals surface area contributed by atoms with Crippen molar-refractivity contribution in [3.8, 4) is 0 Å². The zero-order valence-corrected chi connectivity index (χ0v) is 18.2. The van der Waals surface area contributed by atoms with E-state index in [1.807, 2.05) is 13.8 Å². The van der Waals surface area contributed by atoms with Gasteiger partial charge in [-0.3, -0.25) is 29.2 Å². The predicted molar refractivity (Wildman–Crippen MR) is 120 cm³/mol. The van der Waals surface area contributed by atoms with Crippen molar-refractivity contribution in [1.82, 2.24) is 14.5 Å². The Labute approximate surface area is 182 Å². The lowest BCUT2D eigenvalue weighted by atomic mass is 10.2. The maximum atomic E-state index is 13.3. The van der Waals surface area contributed by atoms with Gasteiger partial charge < -0.3 is 5.32 Å². The first-order valence-electron chi connectivity index (χ1n) is 10.1. The molecule has 0 atom stereocenters. The van der Waals surface area contributed by atoms with Gasteiger partial charge in [0, 0.05) is 22.7 Å². The average Bonchev–Trinajstić information content (AvgIpc) is 3.33. The number of hydrogen-bond acceptors (Lipinski definition) is 7. The molecule has 0 bridgehead atoms. The van der Waals surface area contributed by atoms with Gasteiger partial charge in [-0.1, -0.05) is 0 Å². The Balaban J connectivity index is 1.64. The van der Waals surface area contributed by atoms with Crippen LogP contribution in [-0.2, 0) is 17.9 Å². The minimum absolute atomic E-state index is 0.0555. The second kappa shape index (κ2) is 8.56. The Kier molecular flexibility index (Phi) is 5.84. The summed E-state index contributed by atoms with van der Waals surface area (Å²) in [7, 11) is 0. The van der Waals surface area contributed by atoms with Crippen molar-refractivity contribution in [3.05, 3.63) is 61.0 Å². The number of hydrogen-bond donors (Lipinski definition) is 1. The van der Waals surface area contributed by atoms with Crippen LogP contribution in [0.3, 0.4) is 0 Å². The number of fused-ring (bicyclic) bond motifs is 1. The highest BCUT2D eigenvalue weighted by Crippen LogP contribution is 2.27. The highest BCUT2D eigenvalue weighted by Gasteiger charge is 2.21. The van der Waals surface area contributed by atoms with Gasteiger partial charge in [0.15, 0.2) is 0 Å². The Morgan fingerprint density at radius 3 is 2.55 bits per heavy atom. The van der Waals surface area contributed by atoms with Crippen LogP contribution in [0.15, 0.2) is 29.1 Å². The molecule has 0 radical (unpaired) electrons. The van der Waals surface area contributed by atoms with Crippen LogP contribution >= 0.6 is 11.3 Å². The predicted octanol–water partition coefficient (Wildman–Crippen LogP) is 3.22. The average molecular weight is 442 g/mol. The summed E-state index contributed by atoms with van der Waals surface area (Å²) in [6.07, 6.45) is 2.23. The standard InChI is InChI=1S/C21H23N5O4S/c1-13-14(2)31-20-19(13)21(28)25(17(23-20)11-24-9-3-4-10-24)12-18(27)22-15-5-7-16(8-6-15)26(29)30/h5-8H,3-4,9-12H2,1-2H3,(H,22,27). The number of carbonyl (C=O) groups excluding carboxylic acids is 1. The molecule has 9 nitrogen and oxygen atoms in total. The van der Waals surface area contributed by atoms with Crippen LogP contribution in [0.2, 0.25) is 0 Å². The zero-order chi connectivity index (χ0) is 22.1. The molecule has 4 rings (SSSR count).